The summed E-state index contributed by atoms with van der Waals surface area (Å²) in [6.45, 7) is -2.26. The minimum absolute atomic E-state index is 0.0342. The fraction of sp³-hybridized carbons (Fsp3) is 0.267. The Balaban J connectivity index is 1.57. The molecule has 2 aromatic carbocycles. The fourth-order valence-corrected chi connectivity index (χ4v) is 5.17. The van der Waals surface area contributed by atoms with Gasteiger partial charge in [-0.05, 0) is 30.3 Å². The molecule has 4 aromatic rings. The molecule has 1 atom stereocenters. The number of amides is 3. The second kappa shape index (κ2) is 13.7. The third-order valence-corrected chi connectivity index (χ3v) is 7.33. The maximum atomic E-state index is 15.0. The van der Waals surface area contributed by atoms with Gasteiger partial charge < -0.3 is 34.3 Å². The maximum absolute atomic E-state index is 15.0. The van der Waals surface area contributed by atoms with Crippen molar-refractivity contribution < 1.29 is 55.0 Å². The molecule has 1 aliphatic rings. The zero-order valence-corrected chi connectivity index (χ0v) is 25.2. The third-order valence-electron chi connectivity index (χ3n) is 7.33. The number of anilines is 2. The number of hydrogen-bond donors (Lipinski definition) is 2. The van der Waals surface area contributed by atoms with Crippen LogP contribution in [0.4, 0.5) is 42.5 Å². The van der Waals surface area contributed by atoms with Crippen molar-refractivity contribution in [1.82, 2.24) is 25.0 Å². The van der Waals surface area contributed by atoms with E-state index in [2.05, 4.69) is 20.5 Å². The predicted molar refractivity (Wildman–Crippen MR) is 158 cm³/mol. The second-order valence-corrected chi connectivity index (χ2v) is 10.6. The first-order valence-electron chi connectivity index (χ1n) is 14.2. The van der Waals surface area contributed by atoms with Gasteiger partial charge in [-0.3, -0.25) is 9.59 Å². The number of piperazine rings is 1. The fourth-order valence-electron chi connectivity index (χ4n) is 5.17. The number of hydrogen-bond acceptors (Lipinski definition) is 9. The van der Waals surface area contributed by atoms with Crippen molar-refractivity contribution in [2.45, 2.75) is 18.4 Å². The van der Waals surface area contributed by atoms with Crippen LogP contribution < -0.4 is 15.0 Å². The molecule has 0 unspecified atom stereocenters. The lowest BCUT2D eigenvalue weighted by atomic mass is 10.0. The van der Waals surface area contributed by atoms with Gasteiger partial charge in [-0.25, -0.2) is 9.78 Å². The highest BCUT2D eigenvalue weighted by molar-refractivity contribution is 6.05. The number of carboxylic acid groups (broad SMARTS) is 1. The lowest BCUT2D eigenvalue weighted by molar-refractivity contribution is -0.184. The highest BCUT2D eigenvalue weighted by atomic mass is 19.4. The van der Waals surface area contributed by atoms with Gasteiger partial charge in [0.2, 0.25) is 5.89 Å². The van der Waals surface area contributed by atoms with Crippen LogP contribution in [0.1, 0.15) is 16.1 Å². The standard InChI is InChI=1S/C30H25F6N7O6/c1-41(27(45)30(34,35)36)14-18-15-42(11-12-43(18)28(46)47)24-20(39-25(44)21-16-48-26(40-21)17-9-10-37-38-13-17)7-8-22(23(24)29(31,32)33)49-19-5-3-2-4-6-19/h2-10,13,16,18H,11-12,14-15H2,1H3,(H,39,44)(H,46,47)/t18-/m0/s1. The number of nitrogens with one attached hydrogen (secondary N) is 1. The van der Waals surface area contributed by atoms with Gasteiger partial charge in [-0.2, -0.15) is 36.5 Å². The van der Waals surface area contributed by atoms with Crippen LogP contribution in [0.2, 0.25) is 0 Å². The first-order valence-corrected chi connectivity index (χ1v) is 14.2. The van der Waals surface area contributed by atoms with Gasteiger partial charge in [-0.1, -0.05) is 18.2 Å². The number of rotatable bonds is 8. The monoisotopic (exact) mass is 693 g/mol. The Bertz CT molecular complexity index is 1820. The van der Waals surface area contributed by atoms with Crippen LogP contribution in [0.3, 0.4) is 0 Å². The van der Waals surface area contributed by atoms with Crippen molar-refractivity contribution in [2.24, 2.45) is 0 Å². The second-order valence-electron chi connectivity index (χ2n) is 10.6. The summed E-state index contributed by atoms with van der Waals surface area (Å²) >= 11 is 0. The lowest BCUT2D eigenvalue weighted by Crippen LogP contribution is -2.59. The Labute approximate surface area is 272 Å². The SMILES string of the molecule is CN(C[C@H]1CN(c2c(NC(=O)c3coc(-c4ccnnc4)n3)ccc(Oc3ccccc3)c2C(F)(F)F)CCN1C(=O)O)C(=O)C(F)(F)F. The Hall–Kier alpha value is -5.88. The van der Waals surface area contributed by atoms with Crippen LogP contribution in [0.25, 0.3) is 11.5 Å². The van der Waals surface area contributed by atoms with Crippen LogP contribution >= 0.6 is 0 Å². The first kappa shape index (κ1) is 34.5. The molecule has 0 spiro atoms. The van der Waals surface area contributed by atoms with E-state index in [0.29, 0.717) is 5.56 Å². The van der Waals surface area contributed by atoms with E-state index in [4.69, 9.17) is 9.15 Å². The van der Waals surface area contributed by atoms with Crippen LogP contribution in [-0.2, 0) is 11.0 Å². The number of ether oxygens (including phenoxy) is 1. The van der Waals surface area contributed by atoms with Gasteiger partial charge in [0.15, 0.2) is 5.69 Å². The summed E-state index contributed by atoms with van der Waals surface area (Å²) in [6, 6.07) is 9.67. The normalized spacial score (nSPS) is 15.1. The lowest BCUT2D eigenvalue weighted by Gasteiger charge is -2.43. The van der Waals surface area contributed by atoms with E-state index in [-0.39, 0.29) is 28.8 Å². The Kier molecular flexibility index (Phi) is 9.63. The van der Waals surface area contributed by atoms with Crippen LogP contribution in [0.15, 0.2) is 71.6 Å². The zero-order valence-electron chi connectivity index (χ0n) is 25.2. The molecule has 13 nitrogen and oxygen atoms in total. The smallest absolute Gasteiger partial charge is 0.465 e. The number of aromatic nitrogens is 3. The quantitative estimate of drug-likeness (QED) is 0.230. The average Bonchev–Trinajstić information content (AvgIpc) is 3.55. The van der Waals surface area contributed by atoms with Gasteiger partial charge in [-0.15, -0.1) is 0 Å². The van der Waals surface area contributed by atoms with Crippen molar-refractivity contribution in [2.75, 3.05) is 43.4 Å². The van der Waals surface area contributed by atoms with E-state index in [1.165, 1.54) is 42.7 Å². The van der Waals surface area contributed by atoms with Crippen LogP contribution in [0, 0.1) is 0 Å². The van der Waals surface area contributed by atoms with Crippen LogP contribution in [-0.4, -0.2) is 93.4 Å². The molecule has 0 aliphatic carbocycles. The molecule has 0 radical (unpaired) electrons. The van der Waals surface area contributed by atoms with Crippen molar-refractivity contribution in [3.63, 3.8) is 0 Å². The molecule has 2 aromatic heterocycles. The molecule has 3 amide bonds. The molecule has 1 saturated heterocycles. The first-order chi connectivity index (χ1) is 23.1. The number of likely N-dealkylation sites (N-methyl/N-ethyl adjacent to an activating group) is 1. The van der Waals surface area contributed by atoms with E-state index < -0.39 is 78.6 Å². The Morgan fingerprint density at radius 3 is 2.41 bits per heavy atom. The maximum Gasteiger partial charge on any atom is 0.471 e. The van der Waals surface area contributed by atoms with Crippen molar-refractivity contribution in [3.05, 3.63) is 78.4 Å². The Morgan fingerprint density at radius 2 is 1.78 bits per heavy atom. The van der Waals surface area contributed by atoms with Gasteiger partial charge in [0, 0.05) is 33.2 Å². The molecule has 19 heteroatoms. The largest absolute Gasteiger partial charge is 0.471 e. The van der Waals surface area contributed by atoms with Crippen LogP contribution in [0.5, 0.6) is 11.5 Å². The molecule has 2 N–H and O–H groups in total. The summed E-state index contributed by atoms with van der Waals surface area (Å²) in [5.74, 6) is -3.93. The summed E-state index contributed by atoms with van der Waals surface area (Å²) in [5, 5.41) is 19.5. The summed E-state index contributed by atoms with van der Waals surface area (Å²) in [6.07, 6.45) is -8.36. The minimum Gasteiger partial charge on any atom is -0.465 e. The van der Waals surface area contributed by atoms with Crippen molar-refractivity contribution in [3.8, 4) is 23.0 Å². The van der Waals surface area contributed by atoms with Crippen molar-refractivity contribution in [1.29, 1.82) is 0 Å². The summed E-state index contributed by atoms with van der Waals surface area (Å²) < 4.78 is 95.4. The van der Waals surface area contributed by atoms with Gasteiger partial charge in [0.25, 0.3) is 5.91 Å². The molecular formula is C30H25F6N7O6. The van der Waals surface area contributed by atoms with E-state index in [1.807, 2.05) is 0 Å². The average molecular weight is 694 g/mol. The van der Waals surface area contributed by atoms with E-state index >= 15 is 13.2 Å². The number of carbonyl (C=O) groups excluding carboxylic acids is 2. The molecule has 49 heavy (non-hydrogen) atoms. The molecule has 1 aliphatic heterocycles. The number of oxazole rings is 1. The third kappa shape index (κ3) is 7.82. The molecular weight excluding hydrogens is 668 g/mol. The minimum atomic E-state index is -5.28. The topological polar surface area (TPSA) is 154 Å². The molecule has 1 fully saturated rings. The molecule has 0 saturated carbocycles. The number of benzene rings is 2. The van der Waals surface area contributed by atoms with Gasteiger partial charge in [0.05, 0.1) is 35.4 Å². The number of alkyl halides is 6. The highest BCUT2D eigenvalue weighted by Gasteiger charge is 2.45. The van der Waals surface area contributed by atoms with Crippen molar-refractivity contribution >= 4 is 29.3 Å². The van der Waals surface area contributed by atoms with E-state index in [0.717, 1.165) is 35.2 Å². The summed E-state index contributed by atoms with van der Waals surface area (Å²) in [5.41, 5.74) is -2.39. The molecule has 3 heterocycles. The highest BCUT2D eigenvalue weighted by Crippen LogP contribution is 2.48. The van der Waals surface area contributed by atoms with E-state index in [9.17, 15) is 32.7 Å². The molecule has 258 valence electrons. The predicted octanol–water partition coefficient (Wildman–Crippen LogP) is 5.38. The number of para-hydroxylation sites is 1. The molecule has 5 rings (SSSR count). The number of nitrogens with zero attached hydrogens (tertiary/aromatic N) is 6. The summed E-state index contributed by atoms with van der Waals surface area (Å²) in [7, 11) is 0.796. The Morgan fingerprint density at radius 1 is 1.04 bits per heavy atom. The summed E-state index contributed by atoms with van der Waals surface area (Å²) in [4.78, 5) is 43.3. The number of carbonyl (C=O) groups is 3. The zero-order chi connectivity index (χ0) is 35.5. The van der Waals surface area contributed by atoms with Gasteiger partial charge >= 0.3 is 24.4 Å². The molecule has 0 bridgehead atoms. The number of halogens is 6. The van der Waals surface area contributed by atoms with E-state index in [1.54, 1.807) is 6.07 Å². The van der Waals surface area contributed by atoms with Gasteiger partial charge in [0.1, 0.15) is 23.3 Å².